The van der Waals surface area contributed by atoms with Gasteiger partial charge in [0, 0.05) is 24.2 Å². The fourth-order valence-corrected chi connectivity index (χ4v) is 2.25. The minimum absolute atomic E-state index is 0.209. The molecule has 1 aromatic heterocycles. The van der Waals surface area contributed by atoms with Crippen molar-refractivity contribution in [3.8, 4) is 0 Å². The van der Waals surface area contributed by atoms with Crippen LogP contribution in [0.3, 0.4) is 0 Å². The number of nitrogens with one attached hydrogen (secondary N) is 2. The van der Waals surface area contributed by atoms with Gasteiger partial charge in [0.2, 0.25) is 0 Å². The second-order valence-electron chi connectivity index (χ2n) is 3.93. The summed E-state index contributed by atoms with van der Waals surface area (Å²) in [5, 5.41) is 4.07. The molecule has 0 saturated carbocycles. The average molecular weight is 257 g/mol. The van der Waals surface area contributed by atoms with Crippen LogP contribution in [0.25, 0.3) is 0 Å². The molecule has 0 saturated heterocycles. The van der Waals surface area contributed by atoms with Gasteiger partial charge in [-0.25, -0.2) is 4.98 Å². The number of rotatable bonds is 7. The Morgan fingerprint density at radius 1 is 1.65 bits per heavy atom. The SMILES string of the molecule is COC(=O)C(CCSc1ncc[nH]1)NC(C)C. The molecule has 1 heterocycles. The lowest BCUT2D eigenvalue weighted by Gasteiger charge is -2.18. The molecule has 5 nitrogen and oxygen atoms in total. The summed E-state index contributed by atoms with van der Waals surface area (Å²) in [5.74, 6) is 0.603. The number of hydrogen-bond donors (Lipinski definition) is 2. The number of methoxy groups -OCH3 is 1. The van der Waals surface area contributed by atoms with Crippen LogP contribution in [0.5, 0.6) is 0 Å². The lowest BCUT2D eigenvalue weighted by atomic mass is 10.2. The van der Waals surface area contributed by atoms with Gasteiger partial charge < -0.3 is 15.0 Å². The molecule has 96 valence electrons. The summed E-state index contributed by atoms with van der Waals surface area (Å²) in [6.07, 6.45) is 4.22. The third-order valence-electron chi connectivity index (χ3n) is 2.14. The molecule has 0 amide bonds. The molecule has 0 aliphatic rings. The first-order chi connectivity index (χ1) is 8.13. The molecule has 0 radical (unpaired) electrons. The quantitative estimate of drug-likeness (QED) is 0.571. The monoisotopic (exact) mass is 257 g/mol. The maximum absolute atomic E-state index is 11.5. The molecule has 0 aliphatic heterocycles. The number of carbonyl (C=O) groups is 1. The Balaban J connectivity index is 2.35. The number of imidazole rings is 1. The van der Waals surface area contributed by atoms with Gasteiger partial charge in [-0.2, -0.15) is 0 Å². The van der Waals surface area contributed by atoms with Gasteiger partial charge in [0.15, 0.2) is 5.16 Å². The van der Waals surface area contributed by atoms with Gasteiger partial charge in [0.1, 0.15) is 6.04 Å². The molecular formula is C11H19N3O2S. The maximum Gasteiger partial charge on any atom is 0.322 e. The standard InChI is InChI=1S/C11H19N3O2S/c1-8(2)14-9(10(15)16-3)4-7-17-11-12-5-6-13-11/h5-6,8-9,14H,4,7H2,1-3H3,(H,12,13). The first-order valence-electron chi connectivity index (χ1n) is 5.59. The van der Waals surface area contributed by atoms with Gasteiger partial charge in [-0.15, -0.1) is 0 Å². The summed E-state index contributed by atoms with van der Waals surface area (Å²) in [5.41, 5.74) is 0. The van der Waals surface area contributed by atoms with Crippen molar-refractivity contribution in [1.29, 1.82) is 0 Å². The van der Waals surface area contributed by atoms with Crippen molar-refractivity contribution in [3.63, 3.8) is 0 Å². The van der Waals surface area contributed by atoms with Crippen molar-refractivity contribution in [2.45, 2.75) is 37.5 Å². The van der Waals surface area contributed by atoms with Gasteiger partial charge in [-0.1, -0.05) is 25.6 Å². The molecule has 0 bridgehead atoms. The van der Waals surface area contributed by atoms with Gasteiger partial charge in [-0.05, 0) is 6.42 Å². The molecule has 2 N–H and O–H groups in total. The summed E-state index contributed by atoms with van der Waals surface area (Å²) in [7, 11) is 1.41. The minimum atomic E-state index is -0.248. The Morgan fingerprint density at radius 2 is 2.41 bits per heavy atom. The normalized spacial score (nSPS) is 12.7. The van der Waals surface area contributed by atoms with Crippen LogP contribution in [0.1, 0.15) is 20.3 Å². The number of H-pyrrole nitrogens is 1. The summed E-state index contributed by atoms with van der Waals surface area (Å²) >= 11 is 1.60. The van der Waals surface area contributed by atoms with Gasteiger partial charge in [-0.3, -0.25) is 4.79 Å². The van der Waals surface area contributed by atoms with E-state index >= 15 is 0 Å². The number of aromatic amines is 1. The van der Waals surface area contributed by atoms with Crippen molar-refractivity contribution < 1.29 is 9.53 Å². The number of hydrogen-bond acceptors (Lipinski definition) is 5. The highest BCUT2D eigenvalue weighted by Crippen LogP contribution is 2.14. The van der Waals surface area contributed by atoms with E-state index in [2.05, 4.69) is 15.3 Å². The Morgan fingerprint density at radius 3 is 2.94 bits per heavy atom. The predicted molar refractivity (Wildman–Crippen MR) is 68.0 cm³/mol. The largest absolute Gasteiger partial charge is 0.468 e. The Kier molecular flexibility index (Phi) is 6.07. The minimum Gasteiger partial charge on any atom is -0.468 e. The molecule has 0 spiro atoms. The number of esters is 1. The molecule has 1 aromatic rings. The number of nitrogens with zero attached hydrogens (tertiary/aromatic N) is 1. The van der Waals surface area contributed by atoms with Crippen LogP contribution in [0, 0.1) is 0 Å². The van der Waals surface area contributed by atoms with E-state index in [-0.39, 0.29) is 18.1 Å². The van der Waals surface area contributed by atoms with E-state index in [0.717, 1.165) is 17.3 Å². The van der Waals surface area contributed by atoms with Gasteiger partial charge in [0.25, 0.3) is 0 Å². The lowest BCUT2D eigenvalue weighted by Crippen LogP contribution is -2.41. The van der Waals surface area contributed by atoms with E-state index in [9.17, 15) is 4.79 Å². The highest BCUT2D eigenvalue weighted by molar-refractivity contribution is 7.99. The Hall–Kier alpha value is -1.01. The molecule has 0 fully saturated rings. The molecule has 6 heteroatoms. The van der Waals surface area contributed by atoms with Crippen molar-refractivity contribution in [3.05, 3.63) is 12.4 Å². The number of thioether (sulfide) groups is 1. The zero-order valence-electron chi connectivity index (χ0n) is 10.4. The summed E-state index contributed by atoms with van der Waals surface area (Å²) in [6.45, 7) is 4.02. The second kappa shape index (κ2) is 7.34. The van der Waals surface area contributed by atoms with Gasteiger partial charge in [0.05, 0.1) is 7.11 Å². The fraction of sp³-hybridized carbons (Fsp3) is 0.636. The number of aromatic nitrogens is 2. The average Bonchev–Trinajstić information content (AvgIpc) is 2.79. The van der Waals surface area contributed by atoms with E-state index in [1.807, 2.05) is 13.8 Å². The maximum atomic E-state index is 11.5. The van der Waals surface area contributed by atoms with Crippen molar-refractivity contribution in [2.75, 3.05) is 12.9 Å². The second-order valence-corrected chi connectivity index (χ2v) is 5.01. The highest BCUT2D eigenvalue weighted by Gasteiger charge is 2.19. The molecular weight excluding hydrogens is 238 g/mol. The van der Waals surface area contributed by atoms with E-state index in [4.69, 9.17) is 4.74 Å². The molecule has 1 rings (SSSR count). The predicted octanol–water partition coefficient (Wildman–Crippen LogP) is 1.43. The van der Waals surface area contributed by atoms with E-state index in [1.165, 1.54) is 7.11 Å². The molecule has 1 atom stereocenters. The van der Waals surface area contributed by atoms with Crippen LogP contribution in [0.2, 0.25) is 0 Å². The lowest BCUT2D eigenvalue weighted by molar-refractivity contribution is -0.143. The fourth-order valence-electron chi connectivity index (χ4n) is 1.42. The zero-order valence-corrected chi connectivity index (χ0v) is 11.2. The van der Waals surface area contributed by atoms with Crippen LogP contribution in [0.4, 0.5) is 0 Å². The van der Waals surface area contributed by atoms with E-state index in [0.29, 0.717) is 0 Å². The van der Waals surface area contributed by atoms with Gasteiger partial charge >= 0.3 is 5.97 Å². The highest BCUT2D eigenvalue weighted by atomic mass is 32.2. The first-order valence-corrected chi connectivity index (χ1v) is 6.58. The van der Waals surface area contributed by atoms with E-state index in [1.54, 1.807) is 24.2 Å². The van der Waals surface area contributed by atoms with E-state index < -0.39 is 0 Å². The third kappa shape index (κ3) is 5.23. The summed E-state index contributed by atoms with van der Waals surface area (Å²) < 4.78 is 4.77. The summed E-state index contributed by atoms with van der Waals surface area (Å²) in [4.78, 5) is 18.6. The molecule has 0 aromatic carbocycles. The number of carbonyl (C=O) groups excluding carboxylic acids is 1. The molecule has 0 aliphatic carbocycles. The van der Waals surface area contributed by atoms with Crippen LogP contribution in [-0.2, 0) is 9.53 Å². The van der Waals surface area contributed by atoms with Crippen LogP contribution in [-0.4, -0.2) is 40.9 Å². The Bertz CT molecular complexity index is 327. The zero-order chi connectivity index (χ0) is 12.7. The molecule has 1 unspecified atom stereocenters. The summed E-state index contributed by atoms with van der Waals surface area (Å²) in [6, 6.07) is 0.00942. The topological polar surface area (TPSA) is 67.0 Å². The van der Waals surface area contributed by atoms with Crippen molar-refractivity contribution in [2.24, 2.45) is 0 Å². The van der Waals surface area contributed by atoms with Crippen LogP contribution < -0.4 is 5.32 Å². The number of ether oxygens (including phenoxy) is 1. The van der Waals surface area contributed by atoms with Crippen molar-refractivity contribution in [1.82, 2.24) is 15.3 Å². The van der Waals surface area contributed by atoms with Crippen LogP contribution >= 0.6 is 11.8 Å². The van der Waals surface area contributed by atoms with Crippen LogP contribution in [0.15, 0.2) is 17.6 Å². The smallest absolute Gasteiger partial charge is 0.322 e. The van der Waals surface area contributed by atoms with Crippen molar-refractivity contribution >= 4 is 17.7 Å². The first kappa shape index (κ1) is 14.1. The Labute approximate surface area is 106 Å². The third-order valence-corrected chi connectivity index (χ3v) is 3.08. The molecule has 17 heavy (non-hydrogen) atoms.